The van der Waals surface area contributed by atoms with Crippen LogP contribution < -0.4 is 0 Å². The second-order valence-electron chi connectivity index (χ2n) is 7.00. The minimum atomic E-state index is -0.189. The van der Waals surface area contributed by atoms with Gasteiger partial charge < -0.3 is 19.0 Å². The number of ether oxygens (including phenoxy) is 1. The van der Waals surface area contributed by atoms with Crippen molar-refractivity contribution in [2.45, 2.75) is 13.8 Å². The number of rotatable bonds is 4. The first-order chi connectivity index (χ1) is 14.0. The zero-order valence-corrected chi connectivity index (χ0v) is 17.4. The number of nitrogens with zero attached hydrogens (tertiary/aromatic N) is 4. The number of furan rings is 1. The molecule has 0 bridgehead atoms. The van der Waals surface area contributed by atoms with E-state index in [1.807, 2.05) is 13.8 Å². The van der Waals surface area contributed by atoms with E-state index in [9.17, 15) is 9.59 Å². The monoisotopic (exact) mass is 414 g/mol. The summed E-state index contributed by atoms with van der Waals surface area (Å²) >= 11 is 1.32. The summed E-state index contributed by atoms with van der Waals surface area (Å²) < 4.78 is 10.7. The van der Waals surface area contributed by atoms with Crippen LogP contribution in [-0.2, 0) is 9.53 Å². The van der Waals surface area contributed by atoms with E-state index in [1.54, 1.807) is 30.3 Å². The van der Waals surface area contributed by atoms with Gasteiger partial charge in [-0.15, -0.1) is 11.3 Å². The van der Waals surface area contributed by atoms with E-state index in [0.717, 1.165) is 21.5 Å². The summed E-state index contributed by atoms with van der Waals surface area (Å²) in [6.07, 6.45) is 1.58. The Kier molecular flexibility index (Phi) is 5.33. The summed E-state index contributed by atoms with van der Waals surface area (Å²) in [5.74, 6) is 0.823. The molecular weight excluding hydrogens is 392 g/mol. The number of amides is 2. The second-order valence-corrected chi connectivity index (χ2v) is 8.00. The van der Waals surface area contributed by atoms with Gasteiger partial charge in [-0.2, -0.15) is 0 Å². The molecule has 3 aromatic rings. The van der Waals surface area contributed by atoms with Crippen LogP contribution in [0.4, 0.5) is 0 Å². The fourth-order valence-electron chi connectivity index (χ4n) is 3.42. The van der Waals surface area contributed by atoms with Crippen LogP contribution >= 0.6 is 11.3 Å². The Hall–Kier alpha value is -2.78. The molecule has 2 amide bonds. The predicted molar refractivity (Wildman–Crippen MR) is 109 cm³/mol. The van der Waals surface area contributed by atoms with Gasteiger partial charge in [0.15, 0.2) is 11.6 Å². The van der Waals surface area contributed by atoms with Gasteiger partial charge in [-0.25, -0.2) is 9.97 Å². The van der Waals surface area contributed by atoms with Crippen molar-refractivity contribution < 1.29 is 18.7 Å². The molecule has 0 saturated carbocycles. The van der Waals surface area contributed by atoms with Crippen LogP contribution in [0.2, 0.25) is 0 Å². The van der Waals surface area contributed by atoms with Crippen LogP contribution in [0, 0.1) is 13.8 Å². The summed E-state index contributed by atoms with van der Waals surface area (Å²) in [5, 5.41) is 0.876. The van der Waals surface area contributed by atoms with Gasteiger partial charge in [0.1, 0.15) is 4.83 Å². The van der Waals surface area contributed by atoms with Crippen LogP contribution in [0.15, 0.2) is 22.8 Å². The summed E-state index contributed by atoms with van der Waals surface area (Å²) in [4.78, 5) is 39.2. The number of aryl methyl sites for hydroxylation is 2. The molecule has 0 spiro atoms. The molecule has 0 atom stereocenters. The van der Waals surface area contributed by atoms with Crippen LogP contribution in [-0.4, -0.2) is 71.5 Å². The third kappa shape index (κ3) is 3.75. The molecule has 0 radical (unpaired) electrons. The fraction of sp³-hybridized carbons (Fsp3) is 0.400. The maximum atomic E-state index is 13.1. The zero-order chi connectivity index (χ0) is 20.5. The lowest BCUT2D eigenvalue weighted by Crippen LogP contribution is -2.46. The Labute approximate surface area is 172 Å². The fourth-order valence-corrected chi connectivity index (χ4v) is 4.65. The smallest absolute Gasteiger partial charge is 0.264 e. The van der Waals surface area contributed by atoms with Crippen LogP contribution in [0.5, 0.6) is 0 Å². The number of hydrogen-bond acceptors (Lipinski definition) is 7. The van der Waals surface area contributed by atoms with E-state index in [-0.39, 0.29) is 18.4 Å². The molecule has 1 aliphatic rings. The maximum absolute atomic E-state index is 13.1. The molecule has 152 valence electrons. The standard InChI is InChI=1S/C20H22N4O4S/c1-12-16-13(2)21-18(14-5-4-8-28-14)22-19(16)29-17(12)20(26)23(3)11-15(25)24-6-9-27-10-7-24/h4-5,8H,6-7,9-11H2,1-3H3. The molecule has 3 aromatic heterocycles. The van der Waals surface area contributed by atoms with E-state index < -0.39 is 0 Å². The SMILES string of the molecule is Cc1nc(-c2ccco2)nc2sc(C(=O)N(C)CC(=O)N3CCOCC3)c(C)c12. The number of carbonyl (C=O) groups excluding carboxylic acids is 2. The molecule has 0 aliphatic carbocycles. The number of thiophene rings is 1. The quantitative estimate of drug-likeness (QED) is 0.652. The van der Waals surface area contributed by atoms with Crippen LogP contribution in [0.25, 0.3) is 21.8 Å². The van der Waals surface area contributed by atoms with Gasteiger partial charge >= 0.3 is 0 Å². The topological polar surface area (TPSA) is 88.8 Å². The van der Waals surface area contributed by atoms with Gasteiger partial charge in [0.2, 0.25) is 5.91 Å². The van der Waals surface area contributed by atoms with Gasteiger partial charge in [-0.3, -0.25) is 9.59 Å². The van der Waals surface area contributed by atoms with E-state index in [1.165, 1.54) is 16.2 Å². The Morgan fingerprint density at radius 2 is 2.00 bits per heavy atom. The highest BCUT2D eigenvalue weighted by molar-refractivity contribution is 7.20. The maximum Gasteiger partial charge on any atom is 0.264 e. The molecule has 1 aliphatic heterocycles. The Morgan fingerprint density at radius 3 is 2.69 bits per heavy atom. The van der Waals surface area contributed by atoms with E-state index in [0.29, 0.717) is 42.8 Å². The molecule has 0 aromatic carbocycles. The highest BCUT2D eigenvalue weighted by atomic mass is 32.1. The van der Waals surface area contributed by atoms with Crippen molar-refractivity contribution >= 4 is 33.4 Å². The first-order valence-electron chi connectivity index (χ1n) is 9.38. The van der Waals surface area contributed by atoms with E-state index >= 15 is 0 Å². The number of morpholine rings is 1. The van der Waals surface area contributed by atoms with Crippen molar-refractivity contribution in [2.75, 3.05) is 39.9 Å². The molecule has 9 heteroatoms. The number of likely N-dealkylation sites (N-methyl/N-ethyl adjacent to an activating group) is 1. The average Bonchev–Trinajstić information content (AvgIpc) is 3.36. The Balaban J connectivity index is 1.59. The van der Waals surface area contributed by atoms with Crippen molar-refractivity contribution in [2.24, 2.45) is 0 Å². The molecule has 4 heterocycles. The third-order valence-electron chi connectivity index (χ3n) is 4.99. The number of fused-ring (bicyclic) bond motifs is 1. The molecule has 8 nitrogen and oxygen atoms in total. The highest BCUT2D eigenvalue weighted by Gasteiger charge is 2.25. The van der Waals surface area contributed by atoms with Crippen LogP contribution in [0.1, 0.15) is 20.9 Å². The van der Waals surface area contributed by atoms with Crippen LogP contribution in [0.3, 0.4) is 0 Å². The predicted octanol–water partition coefficient (Wildman–Crippen LogP) is 2.50. The highest BCUT2D eigenvalue weighted by Crippen LogP contribution is 2.33. The lowest BCUT2D eigenvalue weighted by atomic mass is 10.1. The Morgan fingerprint density at radius 1 is 1.24 bits per heavy atom. The van der Waals surface area contributed by atoms with E-state index in [2.05, 4.69) is 9.97 Å². The van der Waals surface area contributed by atoms with Gasteiger partial charge in [-0.05, 0) is 31.5 Å². The number of hydrogen-bond donors (Lipinski definition) is 0. The molecule has 1 saturated heterocycles. The number of aromatic nitrogens is 2. The lowest BCUT2D eigenvalue weighted by molar-refractivity contribution is -0.135. The van der Waals surface area contributed by atoms with Gasteiger partial charge in [-0.1, -0.05) is 0 Å². The van der Waals surface area contributed by atoms with Crippen molar-refractivity contribution in [3.63, 3.8) is 0 Å². The summed E-state index contributed by atoms with van der Waals surface area (Å²) in [7, 11) is 1.65. The summed E-state index contributed by atoms with van der Waals surface area (Å²) in [5.41, 5.74) is 1.63. The molecular formula is C20H22N4O4S. The molecule has 0 N–H and O–H groups in total. The Bertz CT molecular complexity index is 1050. The largest absolute Gasteiger partial charge is 0.461 e. The first-order valence-corrected chi connectivity index (χ1v) is 10.2. The average molecular weight is 414 g/mol. The molecule has 4 rings (SSSR count). The third-order valence-corrected chi connectivity index (χ3v) is 6.16. The molecule has 0 unspecified atom stereocenters. The van der Waals surface area contributed by atoms with Gasteiger partial charge in [0.05, 0.1) is 36.6 Å². The second kappa shape index (κ2) is 7.92. The molecule has 29 heavy (non-hydrogen) atoms. The minimum absolute atomic E-state index is 0.0365. The first kappa shape index (κ1) is 19.5. The van der Waals surface area contributed by atoms with Crippen molar-refractivity contribution in [3.05, 3.63) is 34.5 Å². The zero-order valence-electron chi connectivity index (χ0n) is 16.6. The normalized spacial score (nSPS) is 14.4. The molecule has 1 fully saturated rings. The van der Waals surface area contributed by atoms with E-state index in [4.69, 9.17) is 9.15 Å². The van der Waals surface area contributed by atoms with Crippen molar-refractivity contribution in [3.8, 4) is 11.6 Å². The van der Waals surface area contributed by atoms with Gasteiger partial charge in [0, 0.05) is 25.5 Å². The number of carbonyl (C=O) groups is 2. The van der Waals surface area contributed by atoms with Crippen molar-refractivity contribution in [1.82, 2.24) is 19.8 Å². The summed E-state index contributed by atoms with van der Waals surface area (Å²) in [6.45, 7) is 6.03. The lowest BCUT2D eigenvalue weighted by Gasteiger charge is -2.28. The minimum Gasteiger partial charge on any atom is -0.461 e. The summed E-state index contributed by atoms with van der Waals surface area (Å²) in [6, 6.07) is 3.59. The van der Waals surface area contributed by atoms with Gasteiger partial charge in [0.25, 0.3) is 5.91 Å². The van der Waals surface area contributed by atoms with Crippen molar-refractivity contribution in [1.29, 1.82) is 0 Å².